The van der Waals surface area contributed by atoms with Crippen LogP contribution in [-0.4, -0.2) is 32.7 Å². The van der Waals surface area contributed by atoms with Crippen LogP contribution in [0, 0.1) is 0 Å². The summed E-state index contributed by atoms with van der Waals surface area (Å²) in [6.45, 7) is 0.517. The number of benzene rings is 1. The molecule has 1 amide bonds. The Morgan fingerprint density at radius 3 is 3.05 bits per heavy atom. The quantitative estimate of drug-likeness (QED) is 0.835. The van der Waals surface area contributed by atoms with Gasteiger partial charge in [0.1, 0.15) is 0 Å². The summed E-state index contributed by atoms with van der Waals surface area (Å²) in [5.74, 6) is 0.718. The minimum atomic E-state index is -0.0283. The second-order valence-corrected chi connectivity index (χ2v) is 5.20. The molecule has 0 atom stereocenters. The van der Waals surface area contributed by atoms with Crippen LogP contribution in [0.15, 0.2) is 24.3 Å². The lowest BCUT2D eigenvalue weighted by atomic mass is 10.2. The predicted octanol–water partition coefficient (Wildman–Crippen LogP) is 1.35. The number of rotatable bonds is 6. The van der Waals surface area contributed by atoms with Crippen molar-refractivity contribution in [3.63, 3.8) is 0 Å². The molecule has 0 radical (unpaired) electrons. The maximum Gasteiger partial charge on any atom is 0.224 e. The van der Waals surface area contributed by atoms with Gasteiger partial charge in [-0.25, -0.2) is 4.68 Å². The monoisotopic (exact) mass is 286 g/mol. The zero-order valence-corrected chi connectivity index (χ0v) is 11.7. The number of nitrogens with two attached hydrogens (primary N) is 1. The lowest BCUT2D eigenvalue weighted by molar-refractivity contribution is -0.116. The number of aromatic nitrogens is 4. The standard InChI is InChI=1S/C14H18N6O/c15-8-2-5-13(21)16-11-4-1-3-10(9-11)14-17-18-19-20(14)12-6-7-12/h1,3-4,9,12H,2,5-8,15H2,(H,16,21). The molecule has 0 aliphatic heterocycles. The van der Waals surface area contributed by atoms with E-state index in [0.29, 0.717) is 25.4 Å². The van der Waals surface area contributed by atoms with E-state index in [1.807, 2.05) is 28.9 Å². The number of hydrogen-bond acceptors (Lipinski definition) is 5. The van der Waals surface area contributed by atoms with E-state index < -0.39 is 0 Å². The third kappa shape index (κ3) is 3.25. The first-order chi connectivity index (χ1) is 10.3. The van der Waals surface area contributed by atoms with E-state index in [2.05, 4.69) is 20.8 Å². The van der Waals surface area contributed by atoms with Crippen molar-refractivity contribution in [3.05, 3.63) is 24.3 Å². The van der Waals surface area contributed by atoms with Crippen molar-refractivity contribution in [1.29, 1.82) is 0 Å². The highest BCUT2D eigenvalue weighted by Gasteiger charge is 2.28. The molecule has 1 aromatic heterocycles. The third-order valence-electron chi connectivity index (χ3n) is 3.40. The Balaban J connectivity index is 1.76. The molecular weight excluding hydrogens is 268 g/mol. The zero-order valence-electron chi connectivity index (χ0n) is 11.7. The zero-order chi connectivity index (χ0) is 14.7. The van der Waals surface area contributed by atoms with E-state index in [1.165, 1.54) is 0 Å². The maximum absolute atomic E-state index is 11.7. The third-order valence-corrected chi connectivity index (χ3v) is 3.40. The van der Waals surface area contributed by atoms with Gasteiger partial charge in [-0.3, -0.25) is 4.79 Å². The van der Waals surface area contributed by atoms with Crippen molar-refractivity contribution >= 4 is 11.6 Å². The molecule has 7 heteroatoms. The fourth-order valence-corrected chi connectivity index (χ4v) is 2.17. The highest BCUT2D eigenvalue weighted by molar-refractivity contribution is 5.91. The summed E-state index contributed by atoms with van der Waals surface area (Å²) in [4.78, 5) is 11.7. The number of nitrogens with one attached hydrogen (secondary N) is 1. The van der Waals surface area contributed by atoms with Crippen molar-refractivity contribution in [2.24, 2.45) is 5.73 Å². The largest absolute Gasteiger partial charge is 0.330 e. The normalized spacial score (nSPS) is 14.1. The average Bonchev–Trinajstić information content (AvgIpc) is 3.22. The fraction of sp³-hybridized carbons (Fsp3) is 0.429. The molecule has 1 saturated carbocycles. The number of carbonyl (C=O) groups excluding carboxylic acids is 1. The smallest absolute Gasteiger partial charge is 0.224 e. The molecule has 0 spiro atoms. The summed E-state index contributed by atoms with van der Waals surface area (Å²) in [6.07, 6.45) is 3.35. The van der Waals surface area contributed by atoms with Gasteiger partial charge in [-0.05, 0) is 48.4 Å². The lowest BCUT2D eigenvalue weighted by Crippen LogP contribution is -2.13. The average molecular weight is 286 g/mol. The van der Waals surface area contributed by atoms with Crippen molar-refractivity contribution in [3.8, 4) is 11.4 Å². The summed E-state index contributed by atoms with van der Waals surface area (Å²) < 4.78 is 1.86. The number of nitrogens with zero attached hydrogens (tertiary/aromatic N) is 4. The predicted molar refractivity (Wildman–Crippen MR) is 78.4 cm³/mol. The summed E-state index contributed by atoms with van der Waals surface area (Å²) >= 11 is 0. The van der Waals surface area contributed by atoms with Crippen molar-refractivity contribution in [2.45, 2.75) is 31.7 Å². The number of amides is 1. The molecule has 3 rings (SSSR count). The molecule has 3 N–H and O–H groups in total. The molecule has 0 bridgehead atoms. The first-order valence-corrected chi connectivity index (χ1v) is 7.16. The minimum Gasteiger partial charge on any atom is -0.330 e. The lowest BCUT2D eigenvalue weighted by Gasteiger charge is -2.07. The molecular formula is C14H18N6O. The van der Waals surface area contributed by atoms with Crippen molar-refractivity contribution in [1.82, 2.24) is 20.2 Å². The second kappa shape index (κ2) is 6.01. The summed E-state index contributed by atoms with van der Waals surface area (Å²) in [7, 11) is 0. The molecule has 110 valence electrons. The second-order valence-electron chi connectivity index (χ2n) is 5.20. The summed E-state index contributed by atoms with van der Waals surface area (Å²) in [5.41, 5.74) is 7.06. The van der Waals surface area contributed by atoms with Gasteiger partial charge >= 0.3 is 0 Å². The fourth-order valence-electron chi connectivity index (χ4n) is 2.17. The van der Waals surface area contributed by atoms with Gasteiger partial charge in [0.05, 0.1) is 6.04 Å². The minimum absolute atomic E-state index is 0.0283. The van der Waals surface area contributed by atoms with E-state index in [0.717, 1.165) is 29.9 Å². The summed E-state index contributed by atoms with van der Waals surface area (Å²) in [6, 6.07) is 8.00. The Labute approximate surface area is 122 Å². The molecule has 21 heavy (non-hydrogen) atoms. The molecule has 1 aliphatic carbocycles. The Morgan fingerprint density at radius 1 is 1.43 bits per heavy atom. The first kappa shape index (κ1) is 13.7. The van der Waals surface area contributed by atoms with Crippen molar-refractivity contribution in [2.75, 3.05) is 11.9 Å². The molecule has 0 unspecified atom stereocenters. The van der Waals surface area contributed by atoms with Gasteiger partial charge in [-0.15, -0.1) is 5.10 Å². The van der Waals surface area contributed by atoms with Crippen LogP contribution in [0.3, 0.4) is 0 Å². The van der Waals surface area contributed by atoms with E-state index in [4.69, 9.17) is 5.73 Å². The molecule has 1 aliphatic rings. The Bertz CT molecular complexity index is 634. The van der Waals surface area contributed by atoms with E-state index >= 15 is 0 Å². The van der Waals surface area contributed by atoms with Crippen molar-refractivity contribution < 1.29 is 4.79 Å². The molecule has 7 nitrogen and oxygen atoms in total. The van der Waals surface area contributed by atoms with Crippen LogP contribution >= 0.6 is 0 Å². The SMILES string of the molecule is NCCCC(=O)Nc1cccc(-c2nnnn2C2CC2)c1. The van der Waals surface area contributed by atoms with Crippen LogP contribution in [0.4, 0.5) is 5.69 Å². The van der Waals surface area contributed by atoms with Crippen LogP contribution in [0.1, 0.15) is 31.7 Å². The number of anilines is 1. The van der Waals surface area contributed by atoms with Crippen LogP contribution < -0.4 is 11.1 Å². The topological polar surface area (TPSA) is 98.7 Å². The number of hydrogen-bond donors (Lipinski definition) is 2. The van der Waals surface area contributed by atoms with Crippen LogP contribution in [0.2, 0.25) is 0 Å². The molecule has 1 heterocycles. The Morgan fingerprint density at radius 2 is 2.29 bits per heavy atom. The highest BCUT2D eigenvalue weighted by Crippen LogP contribution is 2.36. The Kier molecular flexibility index (Phi) is 3.92. The van der Waals surface area contributed by atoms with E-state index in [9.17, 15) is 4.79 Å². The maximum atomic E-state index is 11.7. The molecule has 1 aromatic carbocycles. The summed E-state index contributed by atoms with van der Waals surface area (Å²) in [5, 5.41) is 14.8. The van der Waals surface area contributed by atoms with Crippen LogP contribution in [0.5, 0.6) is 0 Å². The van der Waals surface area contributed by atoms with E-state index in [1.54, 1.807) is 0 Å². The molecule has 0 saturated heterocycles. The first-order valence-electron chi connectivity index (χ1n) is 7.16. The Hall–Kier alpha value is -2.28. The van der Waals surface area contributed by atoms with Gasteiger partial charge in [0.2, 0.25) is 5.91 Å². The molecule has 2 aromatic rings. The van der Waals surface area contributed by atoms with Gasteiger partial charge in [0.25, 0.3) is 0 Å². The van der Waals surface area contributed by atoms with E-state index in [-0.39, 0.29) is 5.91 Å². The van der Waals surface area contributed by atoms with Gasteiger partial charge < -0.3 is 11.1 Å². The van der Waals surface area contributed by atoms with Crippen LogP contribution in [0.25, 0.3) is 11.4 Å². The van der Waals surface area contributed by atoms with Crippen LogP contribution in [-0.2, 0) is 4.79 Å². The molecule has 1 fully saturated rings. The number of carbonyl (C=O) groups is 1. The number of tetrazole rings is 1. The highest BCUT2D eigenvalue weighted by atomic mass is 16.1. The van der Waals surface area contributed by atoms with Gasteiger partial charge in [-0.1, -0.05) is 12.1 Å². The van der Waals surface area contributed by atoms with Gasteiger partial charge in [0, 0.05) is 17.7 Å². The van der Waals surface area contributed by atoms with Gasteiger partial charge in [-0.2, -0.15) is 0 Å². The van der Waals surface area contributed by atoms with Gasteiger partial charge in [0.15, 0.2) is 5.82 Å².